The molecule has 0 bridgehead atoms. The van der Waals surface area contributed by atoms with E-state index in [-0.39, 0.29) is 17.1 Å². The number of nitrogens with one attached hydrogen (secondary N) is 3. The zero-order chi connectivity index (χ0) is 24.2. The summed E-state index contributed by atoms with van der Waals surface area (Å²) in [7, 11) is 2.13. The van der Waals surface area contributed by atoms with Crippen LogP contribution in [-0.2, 0) is 5.41 Å². The molecule has 1 spiro atoms. The van der Waals surface area contributed by atoms with Gasteiger partial charge in [-0.3, -0.25) is 9.78 Å². The molecule has 1 atom stereocenters. The van der Waals surface area contributed by atoms with Crippen molar-refractivity contribution in [2.45, 2.75) is 44.1 Å². The van der Waals surface area contributed by atoms with Gasteiger partial charge in [-0.25, -0.2) is 4.39 Å². The van der Waals surface area contributed by atoms with Gasteiger partial charge >= 0.3 is 0 Å². The molecule has 1 aromatic carbocycles. The number of hydrogen-bond acceptors (Lipinski definition) is 5. The third-order valence-corrected chi connectivity index (χ3v) is 7.88. The summed E-state index contributed by atoms with van der Waals surface area (Å²) < 4.78 is 20.7. The number of nitrogens with zero attached hydrogens (tertiary/aromatic N) is 2. The molecule has 6 rings (SSSR count). The molecule has 1 aliphatic carbocycles. The molecule has 2 aromatic heterocycles. The lowest BCUT2D eigenvalue weighted by molar-refractivity contribution is 0.0938. The molecule has 1 saturated carbocycles. The molecule has 1 unspecified atom stereocenters. The Hall–Kier alpha value is -3.39. The number of likely N-dealkylation sites (N-methyl/N-ethyl adjacent to an activating group) is 1. The van der Waals surface area contributed by atoms with Crippen molar-refractivity contribution >= 4 is 17.3 Å². The predicted octanol–water partition coefficient (Wildman–Crippen LogP) is 4.52. The fraction of sp³-hybridized carbons (Fsp3) is 0.407. The van der Waals surface area contributed by atoms with Gasteiger partial charge in [0.05, 0.1) is 23.1 Å². The minimum absolute atomic E-state index is 0.0600. The fourth-order valence-electron chi connectivity index (χ4n) is 5.41. The largest absolute Gasteiger partial charge is 0.490 e. The first-order valence-electron chi connectivity index (χ1n) is 12.3. The molecule has 35 heavy (non-hydrogen) atoms. The molecule has 8 heteroatoms. The second-order valence-electron chi connectivity index (χ2n) is 10.1. The van der Waals surface area contributed by atoms with Crippen LogP contribution < -0.4 is 15.4 Å². The van der Waals surface area contributed by atoms with Crippen molar-refractivity contribution in [3.63, 3.8) is 0 Å². The topological polar surface area (TPSA) is 82.3 Å². The number of pyridine rings is 1. The van der Waals surface area contributed by atoms with E-state index in [4.69, 9.17) is 4.74 Å². The lowest BCUT2D eigenvalue weighted by Crippen LogP contribution is -2.39. The molecular weight excluding hydrogens is 445 g/mol. The number of fused-ring (bicyclic) bond motifs is 2. The number of anilines is 2. The summed E-state index contributed by atoms with van der Waals surface area (Å²) in [6.45, 7) is 4.02. The van der Waals surface area contributed by atoms with Crippen LogP contribution in [0.1, 0.15) is 47.3 Å². The standard InChI is InChI=1S/C27H30FN5O2/c1-16-19(28)6-3-7-20(16)31-24-22-25(27(9-10-27)15-30-26(22)34)32-23(24)18-8-11-29-13-21(18)35-14-17-5-4-12-33(17)2/h3,6-8,11,13,17,31-32H,4-5,9-10,12,14-15H2,1-2H3,(H,30,34). The molecule has 2 aliphatic heterocycles. The number of rotatable bonds is 6. The number of ether oxygens (including phenoxy) is 1. The maximum absolute atomic E-state index is 14.4. The van der Waals surface area contributed by atoms with Crippen LogP contribution in [0.3, 0.4) is 0 Å². The van der Waals surface area contributed by atoms with Gasteiger partial charge in [0.25, 0.3) is 5.91 Å². The number of carbonyl (C=O) groups is 1. The second-order valence-corrected chi connectivity index (χ2v) is 10.1. The number of carbonyl (C=O) groups excluding carboxylic acids is 1. The first kappa shape index (κ1) is 22.1. The number of aromatic amines is 1. The van der Waals surface area contributed by atoms with E-state index in [0.717, 1.165) is 42.8 Å². The number of hydrogen-bond donors (Lipinski definition) is 3. The Balaban J connectivity index is 1.45. The van der Waals surface area contributed by atoms with Crippen molar-refractivity contribution in [2.24, 2.45) is 0 Å². The monoisotopic (exact) mass is 475 g/mol. The average Bonchev–Trinajstić information content (AvgIpc) is 3.36. The van der Waals surface area contributed by atoms with Crippen molar-refractivity contribution in [2.75, 3.05) is 32.1 Å². The average molecular weight is 476 g/mol. The maximum atomic E-state index is 14.4. The zero-order valence-corrected chi connectivity index (χ0v) is 20.1. The fourth-order valence-corrected chi connectivity index (χ4v) is 5.41. The van der Waals surface area contributed by atoms with E-state index in [1.54, 1.807) is 25.4 Å². The molecule has 1 saturated heterocycles. The van der Waals surface area contributed by atoms with Crippen LogP contribution in [0.25, 0.3) is 11.3 Å². The lowest BCUT2D eigenvalue weighted by atomic mass is 9.93. The van der Waals surface area contributed by atoms with Crippen LogP contribution in [0, 0.1) is 12.7 Å². The Morgan fingerprint density at radius 3 is 2.94 bits per heavy atom. The summed E-state index contributed by atoms with van der Waals surface area (Å²) >= 11 is 0. The van der Waals surface area contributed by atoms with Crippen molar-refractivity contribution < 1.29 is 13.9 Å². The van der Waals surface area contributed by atoms with Gasteiger partial charge in [0.2, 0.25) is 0 Å². The minimum atomic E-state index is -0.294. The molecule has 182 valence electrons. The first-order chi connectivity index (χ1) is 17.0. The Bertz CT molecular complexity index is 1300. The summed E-state index contributed by atoms with van der Waals surface area (Å²) in [6.07, 6.45) is 7.78. The van der Waals surface area contributed by atoms with Gasteiger partial charge in [0, 0.05) is 46.7 Å². The molecule has 1 amide bonds. The summed E-state index contributed by atoms with van der Waals surface area (Å²) in [5, 5.41) is 6.47. The molecular formula is C27H30FN5O2. The SMILES string of the molecule is Cc1c(F)cccc1Nc1c(-c2ccncc2OCC2CCCN2C)[nH]c2c1C(=O)NCC21CC1. The highest BCUT2D eigenvalue weighted by molar-refractivity contribution is 6.07. The number of likely N-dealkylation sites (tertiary alicyclic amines) is 1. The Morgan fingerprint density at radius 2 is 2.17 bits per heavy atom. The number of halogens is 1. The van der Waals surface area contributed by atoms with Gasteiger partial charge in [-0.1, -0.05) is 6.07 Å². The highest BCUT2D eigenvalue weighted by Gasteiger charge is 2.51. The minimum Gasteiger partial charge on any atom is -0.490 e. The normalized spacial score (nSPS) is 20.5. The third kappa shape index (κ3) is 3.76. The van der Waals surface area contributed by atoms with Crippen LogP contribution in [-0.4, -0.2) is 53.6 Å². The Morgan fingerprint density at radius 1 is 1.31 bits per heavy atom. The van der Waals surface area contributed by atoms with E-state index in [2.05, 4.69) is 32.5 Å². The van der Waals surface area contributed by atoms with Crippen LogP contribution in [0.4, 0.5) is 15.8 Å². The van der Waals surface area contributed by atoms with Crippen molar-refractivity contribution in [1.82, 2.24) is 20.2 Å². The third-order valence-electron chi connectivity index (χ3n) is 7.88. The van der Waals surface area contributed by atoms with Gasteiger partial charge in [0.15, 0.2) is 0 Å². The van der Waals surface area contributed by atoms with Gasteiger partial charge in [-0.15, -0.1) is 0 Å². The maximum Gasteiger partial charge on any atom is 0.255 e. The molecule has 3 N–H and O–H groups in total. The number of H-pyrrole nitrogens is 1. The molecule has 7 nitrogen and oxygen atoms in total. The highest BCUT2D eigenvalue weighted by atomic mass is 19.1. The number of amides is 1. The van der Waals surface area contributed by atoms with Crippen molar-refractivity contribution in [3.05, 3.63) is 59.3 Å². The zero-order valence-electron chi connectivity index (χ0n) is 20.1. The Labute approximate surface area is 204 Å². The smallest absolute Gasteiger partial charge is 0.255 e. The van der Waals surface area contributed by atoms with Crippen LogP contribution in [0.15, 0.2) is 36.7 Å². The van der Waals surface area contributed by atoms with E-state index >= 15 is 0 Å². The molecule has 3 aromatic rings. The molecule has 0 radical (unpaired) electrons. The van der Waals surface area contributed by atoms with Gasteiger partial charge in [0.1, 0.15) is 18.2 Å². The van der Waals surface area contributed by atoms with E-state index < -0.39 is 0 Å². The van der Waals surface area contributed by atoms with Gasteiger partial charge in [-0.05, 0) is 64.4 Å². The van der Waals surface area contributed by atoms with Gasteiger partial charge in [-0.2, -0.15) is 0 Å². The highest BCUT2D eigenvalue weighted by Crippen LogP contribution is 2.54. The van der Waals surface area contributed by atoms with Crippen LogP contribution >= 0.6 is 0 Å². The van der Waals surface area contributed by atoms with E-state index in [9.17, 15) is 9.18 Å². The van der Waals surface area contributed by atoms with Crippen LogP contribution in [0.5, 0.6) is 5.75 Å². The number of aromatic nitrogens is 2. The quantitative estimate of drug-likeness (QED) is 0.489. The molecule has 3 aliphatic rings. The van der Waals surface area contributed by atoms with E-state index in [1.807, 2.05) is 12.1 Å². The molecule has 4 heterocycles. The summed E-state index contributed by atoms with van der Waals surface area (Å²) in [5.74, 6) is 0.244. The van der Waals surface area contributed by atoms with E-state index in [0.29, 0.717) is 47.4 Å². The number of benzene rings is 1. The van der Waals surface area contributed by atoms with E-state index in [1.165, 1.54) is 12.5 Å². The summed E-state index contributed by atoms with van der Waals surface area (Å²) in [5.41, 5.74) is 4.86. The predicted molar refractivity (Wildman–Crippen MR) is 133 cm³/mol. The summed E-state index contributed by atoms with van der Waals surface area (Å²) in [4.78, 5) is 23.4. The molecule has 2 fully saturated rings. The van der Waals surface area contributed by atoms with Crippen LogP contribution in [0.2, 0.25) is 0 Å². The Kier molecular flexibility index (Phi) is 5.29. The van der Waals surface area contributed by atoms with Crippen molar-refractivity contribution in [1.29, 1.82) is 0 Å². The second kappa shape index (κ2) is 8.37. The van der Waals surface area contributed by atoms with Gasteiger partial charge < -0.3 is 25.3 Å². The lowest BCUT2D eigenvalue weighted by Gasteiger charge is -2.23. The summed E-state index contributed by atoms with van der Waals surface area (Å²) in [6, 6.07) is 7.22. The van der Waals surface area contributed by atoms with Crippen molar-refractivity contribution in [3.8, 4) is 17.0 Å². The first-order valence-corrected chi connectivity index (χ1v) is 12.3.